The number of nitrogens with two attached hydrogens (primary N) is 1. The van der Waals surface area contributed by atoms with E-state index in [1.165, 1.54) is 6.20 Å². The van der Waals surface area contributed by atoms with Crippen LogP contribution in [0.4, 0.5) is 5.82 Å². The maximum atomic E-state index is 5.98. The van der Waals surface area contributed by atoms with E-state index >= 15 is 0 Å². The number of para-hydroxylation sites is 1. The summed E-state index contributed by atoms with van der Waals surface area (Å²) in [4.78, 5) is 4.07. The lowest BCUT2D eigenvalue weighted by molar-refractivity contribution is 0.888. The van der Waals surface area contributed by atoms with E-state index in [-0.39, 0.29) is 0 Å². The van der Waals surface area contributed by atoms with Crippen molar-refractivity contribution in [2.24, 2.45) is 0 Å². The predicted molar refractivity (Wildman–Crippen MR) is 76.2 cm³/mol. The highest BCUT2D eigenvalue weighted by atomic mass is 35.5. The van der Waals surface area contributed by atoms with Gasteiger partial charge in [-0.3, -0.25) is 0 Å². The Bertz CT molecular complexity index is 706. The maximum Gasteiger partial charge on any atom is 0.132 e. The lowest BCUT2D eigenvalue weighted by Crippen LogP contribution is -2.01. The smallest absolute Gasteiger partial charge is 0.132 e. The monoisotopic (exact) mass is 270 g/mol. The Morgan fingerprint density at radius 3 is 2.68 bits per heavy atom. The highest BCUT2D eigenvalue weighted by molar-refractivity contribution is 6.30. The fourth-order valence-electron chi connectivity index (χ4n) is 1.94. The van der Waals surface area contributed by atoms with Gasteiger partial charge >= 0.3 is 0 Å². The number of pyridine rings is 1. The highest BCUT2D eigenvalue weighted by Crippen LogP contribution is 2.28. The third-order valence-corrected chi connectivity index (χ3v) is 3.01. The van der Waals surface area contributed by atoms with E-state index in [2.05, 4.69) is 10.1 Å². The minimum Gasteiger partial charge on any atom is -0.383 e. The first-order valence-corrected chi connectivity index (χ1v) is 6.14. The van der Waals surface area contributed by atoms with Gasteiger partial charge in [0.15, 0.2) is 0 Å². The first kappa shape index (κ1) is 11.7. The number of hydrogen-bond acceptors (Lipinski definition) is 3. The molecule has 0 aliphatic carbocycles. The molecule has 1 aromatic carbocycles. The van der Waals surface area contributed by atoms with Crippen LogP contribution in [0.5, 0.6) is 0 Å². The highest BCUT2D eigenvalue weighted by Gasteiger charge is 2.11. The van der Waals surface area contributed by atoms with Crippen molar-refractivity contribution in [3.63, 3.8) is 0 Å². The summed E-state index contributed by atoms with van der Waals surface area (Å²) in [7, 11) is 0. The molecule has 19 heavy (non-hydrogen) atoms. The van der Waals surface area contributed by atoms with E-state index in [0.717, 1.165) is 16.9 Å². The van der Waals surface area contributed by atoms with Gasteiger partial charge in [0, 0.05) is 11.8 Å². The van der Waals surface area contributed by atoms with Gasteiger partial charge in [-0.2, -0.15) is 5.10 Å². The lowest BCUT2D eigenvalue weighted by Gasteiger charge is -2.09. The van der Waals surface area contributed by atoms with Crippen molar-refractivity contribution in [3.8, 4) is 16.9 Å². The molecule has 3 rings (SSSR count). The summed E-state index contributed by atoms with van der Waals surface area (Å²) in [5.41, 5.74) is 8.51. The average Bonchev–Trinajstić information content (AvgIpc) is 2.91. The second-order valence-corrected chi connectivity index (χ2v) is 4.49. The molecule has 0 saturated heterocycles. The Morgan fingerprint density at radius 1 is 1.11 bits per heavy atom. The van der Waals surface area contributed by atoms with E-state index in [1.807, 2.05) is 41.1 Å². The first-order valence-electron chi connectivity index (χ1n) is 5.76. The molecule has 3 aromatic rings. The van der Waals surface area contributed by atoms with E-state index in [1.54, 1.807) is 12.3 Å². The average molecular weight is 271 g/mol. The number of rotatable bonds is 2. The number of nitrogen functional groups attached to an aromatic ring is 1. The van der Waals surface area contributed by atoms with Crippen molar-refractivity contribution >= 4 is 17.4 Å². The molecule has 0 atom stereocenters. The van der Waals surface area contributed by atoms with Crippen molar-refractivity contribution in [1.29, 1.82) is 0 Å². The van der Waals surface area contributed by atoms with Crippen LogP contribution in [0.2, 0.25) is 5.02 Å². The van der Waals surface area contributed by atoms with Gasteiger partial charge in [0.2, 0.25) is 0 Å². The Morgan fingerprint density at radius 2 is 1.89 bits per heavy atom. The van der Waals surface area contributed by atoms with Crippen LogP contribution in [-0.4, -0.2) is 14.8 Å². The number of benzene rings is 1. The Kier molecular flexibility index (Phi) is 2.93. The van der Waals surface area contributed by atoms with Crippen LogP contribution in [-0.2, 0) is 0 Å². The second kappa shape index (κ2) is 4.74. The van der Waals surface area contributed by atoms with Gasteiger partial charge in [-0.05, 0) is 24.3 Å². The summed E-state index contributed by atoms with van der Waals surface area (Å²) in [6, 6.07) is 13.5. The van der Waals surface area contributed by atoms with Gasteiger partial charge in [0.05, 0.1) is 22.6 Å². The molecule has 0 radical (unpaired) electrons. The summed E-state index contributed by atoms with van der Waals surface area (Å²) < 4.78 is 1.81. The summed E-state index contributed by atoms with van der Waals surface area (Å²) in [5.74, 6) is 0.432. The molecule has 0 saturated carbocycles. The van der Waals surface area contributed by atoms with Crippen LogP contribution >= 0.6 is 11.6 Å². The number of aromatic nitrogens is 3. The molecule has 2 aromatic heterocycles. The van der Waals surface area contributed by atoms with E-state index in [9.17, 15) is 0 Å². The number of anilines is 1. The lowest BCUT2D eigenvalue weighted by atomic mass is 10.2. The zero-order valence-corrected chi connectivity index (χ0v) is 10.7. The SMILES string of the molecule is Nc1ncc(Cl)cc1-c1ccnn1-c1ccccc1. The molecule has 0 fully saturated rings. The zero-order valence-electron chi connectivity index (χ0n) is 9.99. The van der Waals surface area contributed by atoms with E-state index < -0.39 is 0 Å². The fraction of sp³-hybridized carbons (Fsp3) is 0. The topological polar surface area (TPSA) is 56.7 Å². The van der Waals surface area contributed by atoms with Gasteiger partial charge in [0.25, 0.3) is 0 Å². The van der Waals surface area contributed by atoms with E-state index in [0.29, 0.717) is 10.8 Å². The molecule has 0 aliphatic heterocycles. The normalized spacial score (nSPS) is 10.6. The summed E-state index contributed by atoms with van der Waals surface area (Å²) in [6.07, 6.45) is 3.26. The van der Waals surface area contributed by atoms with Crippen LogP contribution in [0.25, 0.3) is 16.9 Å². The largest absolute Gasteiger partial charge is 0.383 e. The predicted octanol–water partition coefficient (Wildman–Crippen LogP) is 3.17. The van der Waals surface area contributed by atoms with Crippen LogP contribution in [0.15, 0.2) is 54.9 Å². The molecule has 5 heteroatoms. The third-order valence-electron chi connectivity index (χ3n) is 2.80. The van der Waals surface area contributed by atoms with Gasteiger partial charge in [0.1, 0.15) is 5.82 Å². The number of nitrogens with zero attached hydrogens (tertiary/aromatic N) is 3. The molecule has 4 nitrogen and oxygen atoms in total. The van der Waals surface area contributed by atoms with Gasteiger partial charge in [-0.15, -0.1) is 0 Å². The molecule has 0 bridgehead atoms. The minimum atomic E-state index is 0.432. The van der Waals surface area contributed by atoms with Crippen LogP contribution in [0.3, 0.4) is 0 Å². The summed E-state index contributed by atoms with van der Waals surface area (Å²) in [5, 5.41) is 4.87. The Labute approximate surface area is 115 Å². The van der Waals surface area contributed by atoms with Crippen LogP contribution < -0.4 is 5.73 Å². The first-order chi connectivity index (χ1) is 9.25. The minimum absolute atomic E-state index is 0.432. The van der Waals surface area contributed by atoms with Crippen LogP contribution in [0, 0.1) is 0 Å². The number of halogens is 1. The molecule has 94 valence electrons. The van der Waals surface area contributed by atoms with Gasteiger partial charge in [-0.25, -0.2) is 9.67 Å². The fourth-order valence-corrected chi connectivity index (χ4v) is 2.10. The van der Waals surface area contributed by atoms with Crippen molar-refractivity contribution in [2.45, 2.75) is 0 Å². The molecule has 0 unspecified atom stereocenters. The summed E-state index contributed by atoms with van der Waals surface area (Å²) in [6.45, 7) is 0. The van der Waals surface area contributed by atoms with Crippen molar-refractivity contribution in [1.82, 2.24) is 14.8 Å². The molecular formula is C14H11ClN4. The molecule has 2 N–H and O–H groups in total. The molecule has 2 heterocycles. The molecule has 0 amide bonds. The van der Waals surface area contributed by atoms with Gasteiger partial charge < -0.3 is 5.73 Å². The number of hydrogen-bond donors (Lipinski definition) is 1. The Hall–Kier alpha value is -2.33. The zero-order chi connectivity index (χ0) is 13.2. The third kappa shape index (κ3) is 2.18. The van der Waals surface area contributed by atoms with Crippen LogP contribution in [0.1, 0.15) is 0 Å². The van der Waals surface area contributed by atoms with E-state index in [4.69, 9.17) is 17.3 Å². The Balaban J connectivity index is 2.18. The van der Waals surface area contributed by atoms with Crippen molar-refractivity contribution in [2.75, 3.05) is 5.73 Å². The summed E-state index contributed by atoms with van der Waals surface area (Å²) >= 11 is 5.98. The standard InChI is InChI=1S/C14H11ClN4/c15-10-8-12(14(16)17-9-10)13-6-7-18-19(13)11-4-2-1-3-5-11/h1-9H,(H2,16,17). The van der Waals surface area contributed by atoms with Crippen molar-refractivity contribution < 1.29 is 0 Å². The second-order valence-electron chi connectivity index (χ2n) is 4.05. The molecular weight excluding hydrogens is 260 g/mol. The van der Waals surface area contributed by atoms with Crippen molar-refractivity contribution in [3.05, 3.63) is 59.9 Å². The quantitative estimate of drug-likeness (QED) is 0.778. The van der Waals surface area contributed by atoms with Gasteiger partial charge in [-0.1, -0.05) is 29.8 Å². The maximum absolute atomic E-state index is 5.98. The molecule has 0 spiro atoms. The molecule has 0 aliphatic rings.